The number of hydrogen-bond donors (Lipinski definition) is 2. The highest BCUT2D eigenvalue weighted by molar-refractivity contribution is 7.91. The first-order chi connectivity index (χ1) is 14.4. The Kier molecular flexibility index (Phi) is 7.22. The molecule has 2 aromatic rings. The van der Waals surface area contributed by atoms with Crippen LogP contribution in [0, 0.1) is 0 Å². The Hall–Kier alpha value is -1.89. The predicted molar refractivity (Wildman–Crippen MR) is 122 cm³/mol. The second kappa shape index (κ2) is 9.50. The van der Waals surface area contributed by atoms with E-state index in [1.54, 1.807) is 7.11 Å². The van der Waals surface area contributed by atoms with E-state index in [9.17, 15) is 8.42 Å². The van der Waals surface area contributed by atoms with Crippen LogP contribution in [-0.4, -0.2) is 33.9 Å². The van der Waals surface area contributed by atoms with Crippen molar-refractivity contribution >= 4 is 9.84 Å². The highest BCUT2D eigenvalue weighted by Crippen LogP contribution is 2.40. The number of nitrogens with one attached hydrogen (secondary N) is 2. The normalized spacial score (nSPS) is 22.9. The molecule has 2 atom stereocenters. The van der Waals surface area contributed by atoms with E-state index in [2.05, 4.69) is 36.6 Å². The van der Waals surface area contributed by atoms with Crippen LogP contribution in [0.3, 0.4) is 0 Å². The van der Waals surface area contributed by atoms with E-state index in [0.717, 1.165) is 42.4 Å². The lowest BCUT2D eigenvalue weighted by molar-refractivity contribution is 0.294. The van der Waals surface area contributed by atoms with Crippen LogP contribution in [0.25, 0.3) is 0 Å². The Morgan fingerprint density at radius 3 is 2.53 bits per heavy atom. The van der Waals surface area contributed by atoms with Gasteiger partial charge in [0.2, 0.25) is 0 Å². The Bertz CT molecular complexity index is 960. The van der Waals surface area contributed by atoms with Gasteiger partial charge in [0.1, 0.15) is 5.75 Å². The van der Waals surface area contributed by atoms with Gasteiger partial charge in [-0.15, -0.1) is 0 Å². The quantitative estimate of drug-likeness (QED) is 0.656. The molecule has 3 rings (SSSR count). The standard InChI is InChI=1S/C24H34N2O3S/c1-5-7-13-24(6-2)17-30(27,28)22-14-19(16-25-3)21(29-4)15-20(22)23(26-24)18-11-9-8-10-12-18/h8-12,14-15,23,25-26H,5-7,13,16-17H2,1-4H3/t23-,24-/m1/s1. The molecule has 6 heteroatoms. The number of sulfone groups is 1. The number of fused-ring (bicyclic) bond motifs is 1. The molecule has 1 aliphatic heterocycles. The molecule has 1 heterocycles. The van der Waals surface area contributed by atoms with E-state index in [1.807, 2.05) is 37.4 Å². The van der Waals surface area contributed by atoms with Gasteiger partial charge in [0, 0.05) is 17.6 Å². The molecule has 0 saturated heterocycles. The third-order valence-electron chi connectivity index (χ3n) is 6.16. The van der Waals surface area contributed by atoms with Gasteiger partial charge < -0.3 is 10.1 Å². The van der Waals surface area contributed by atoms with Crippen molar-refractivity contribution in [1.29, 1.82) is 0 Å². The Labute approximate surface area is 181 Å². The van der Waals surface area contributed by atoms with Crippen LogP contribution in [-0.2, 0) is 16.4 Å². The van der Waals surface area contributed by atoms with Gasteiger partial charge in [-0.2, -0.15) is 0 Å². The molecule has 2 N–H and O–H groups in total. The van der Waals surface area contributed by atoms with Gasteiger partial charge in [0.15, 0.2) is 9.84 Å². The van der Waals surface area contributed by atoms with Gasteiger partial charge in [-0.25, -0.2) is 8.42 Å². The van der Waals surface area contributed by atoms with Crippen LogP contribution in [0.2, 0.25) is 0 Å². The van der Waals surface area contributed by atoms with E-state index in [-0.39, 0.29) is 11.8 Å². The molecule has 164 valence electrons. The highest BCUT2D eigenvalue weighted by atomic mass is 32.2. The minimum Gasteiger partial charge on any atom is -0.496 e. The van der Waals surface area contributed by atoms with Crippen LogP contribution in [0.5, 0.6) is 5.75 Å². The first-order valence-electron chi connectivity index (χ1n) is 10.8. The van der Waals surface area contributed by atoms with Crippen LogP contribution in [0.4, 0.5) is 0 Å². The third kappa shape index (κ3) is 4.56. The maximum Gasteiger partial charge on any atom is 0.180 e. The Morgan fingerprint density at radius 2 is 1.93 bits per heavy atom. The Morgan fingerprint density at radius 1 is 1.20 bits per heavy atom. The van der Waals surface area contributed by atoms with Crippen molar-refractivity contribution in [3.63, 3.8) is 0 Å². The van der Waals surface area contributed by atoms with Crippen LogP contribution in [0.1, 0.15) is 62.3 Å². The van der Waals surface area contributed by atoms with Gasteiger partial charge in [0.25, 0.3) is 0 Å². The lowest BCUT2D eigenvalue weighted by Gasteiger charge is -2.36. The van der Waals surface area contributed by atoms with E-state index >= 15 is 0 Å². The van der Waals surface area contributed by atoms with Crippen molar-refractivity contribution in [2.75, 3.05) is 19.9 Å². The average molecular weight is 431 g/mol. The van der Waals surface area contributed by atoms with Crippen molar-refractivity contribution < 1.29 is 13.2 Å². The van der Waals surface area contributed by atoms with Gasteiger partial charge in [-0.05, 0) is 43.1 Å². The van der Waals surface area contributed by atoms with Crippen molar-refractivity contribution in [3.8, 4) is 5.75 Å². The fraction of sp³-hybridized carbons (Fsp3) is 0.500. The van der Waals surface area contributed by atoms with E-state index < -0.39 is 15.4 Å². The van der Waals surface area contributed by atoms with Crippen molar-refractivity contribution in [3.05, 3.63) is 59.2 Å². The first kappa shape index (κ1) is 22.8. The summed E-state index contributed by atoms with van der Waals surface area (Å²) < 4.78 is 33.0. The summed E-state index contributed by atoms with van der Waals surface area (Å²) >= 11 is 0. The molecule has 0 fully saturated rings. The van der Waals surface area contributed by atoms with E-state index in [1.165, 1.54) is 0 Å². The minimum atomic E-state index is -3.48. The lowest BCUT2D eigenvalue weighted by atomic mass is 9.88. The molecule has 0 saturated carbocycles. The number of benzene rings is 2. The highest BCUT2D eigenvalue weighted by Gasteiger charge is 2.42. The second-order valence-corrected chi connectivity index (χ2v) is 10.2. The first-order valence-corrected chi connectivity index (χ1v) is 12.5. The van der Waals surface area contributed by atoms with Crippen LogP contribution >= 0.6 is 0 Å². The third-order valence-corrected chi connectivity index (χ3v) is 8.12. The van der Waals surface area contributed by atoms with E-state index in [4.69, 9.17) is 4.74 Å². The molecule has 0 amide bonds. The fourth-order valence-electron chi connectivity index (χ4n) is 4.45. The summed E-state index contributed by atoms with van der Waals surface area (Å²) in [5, 5.41) is 6.91. The number of unbranched alkanes of at least 4 members (excludes halogenated alkanes) is 1. The summed E-state index contributed by atoms with van der Waals surface area (Å²) in [4.78, 5) is 0.418. The van der Waals surface area contributed by atoms with Gasteiger partial charge in [-0.1, -0.05) is 57.0 Å². The van der Waals surface area contributed by atoms with Crippen molar-refractivity contribution in [2.45, 2.75) is 62.6 Å². The monoisotopic (exact) mass is 430 g/mol. The summed E-state index contributed by atoms with van der Waals surface area (Å²) in [6, 6.07) is 13.6. The number of rotatable bonds is 8. The largest absolute Gasteiger partial charge is 0.496 e. The molecule has 1 aliphatic rings. The van der Waals surface area contributed by atoms with Gasteiger partial charge in [-0.3, -0.25) is 5.32 Å². The van der Waals surface area contributed by atoms with Crippen molar-refractivity contribution in [1.82, 2.24) is 10.6 Å². The molecule has 0 spiro atoms. The Balaban J connectivity index is 2.26. The summed E-state index contributed by atoms with van der Waals surface area (Å²) in [5.74, 6) is 0.816. The molecule has 5 nitrogen and oxygen atoms in total. The molecular weight excluding hydrogens is 396 g/mol. The second-order valence-electron chi connectivity index (χ2n) is 8.22. The summed E-state index contributed by atoms with van der Waals surface area (Å²) in [7, 11) is 0.000396. The molecule has 0 unspecified atom stereocenters. The molecule has 0 aliphatic carbocycles. The molecule has 0 radical (unpaired) electrons. The van der Waals surface area contributed by atoms with Crippen LogP contribution in [0.15, 0.2) is 47.4 Å². The summed E-state index contributed by atoms with van der Waals surface area (Å²) in [5.41, 5.74) is 2.22. The van der Waals surface area contributed by atoms with Crippen LogP contribution < -0.4 is 15.4 Å². The maximum absolute atomic E-state index is 13.7. The topological polar surface area (TPSA) is 67.4 Å². The summed E-state index contributed by atoms with van der Waals surface area (Å²) in [6.07, 6.45) is 3.61. The molecule has 30 heavy (non-hydrogen) atoms. The SMILES string of the molecule is CCCC[C@]1(CC)CS(=O)(=O)c2cc(CNC)c(OC)cc2[C@@H](c2ccccc2)N1. The zero-order valence-electron chi connectivity index (χ0n) is 18.5. The maximum atomic E-state index is 13.7. The zero-order valence-corrected chi connectivity index (χ0v) is 19.3. The van der Waals surface area contributed by atoms with Crippen molar-refractivity contribution in [2.24, 2.45) is 0 Å². The molecule has 2 aromatic carbocycles. The lowest BCUT2D eigenvalue weighted by Crippen LogP contribution is -2.50. The number of hydrogen-bond acceptors (Lipinski definition) is 5. The van der Waals surface area contributed by atoms with Gasteiger partial charge in [0.05, 0.1) is 23.8 Å². The fourth-order valence-corrected chi connectivity index (χ4v) is 6.62. The minimum absolute atomic E-state index is 0.109. The molecule has 0 bridgehead atoms. The average Bonchev–Trinajstić information content (AvgIpc) is 2.85. The number of ether oxygens (including phenoxy) is 1. The number of methoxy groups -OCH3 is 1. The smallest absolute Gasteiger partial charge is 0.180 e. The molecule has 0 aromatic heterocycles. The zero-order chi connectivity index (χ0) is 21.8. The molecular formula is C24H34N2O3S. The van der Waals surface area contributed by atoms with E-state index in [0.29, 0.717) is 17.2 Å². The van der Waals surface area contributed by atoms with Gasteiger partial charge >= 0.3 is 0 Å². The summed E-state index contributed by atoms with van der Waals surface area (Å²) in [6.45, 7) is 4.78. The predicted octanol–water partition coefficient (Wildman–Crippen LogP) is 4.22.